The molecule has 0 aliphatic carbocycles. The SMILES string of the molecule is Nc1ccn(C2CC(O)C(COP(=O)(O)OP(O)(=S)OP(=O)(O)O)O2)c(=O)n1. The average Bonchev–Trinajstić information content (AvgIpc) is 2.82. The van der Waals surface area contributed by atoms with Crippen molar-refractivity contribution in [1.82, 2.24) is 9.55 Å². The van der Waals surface area contributed by atoms with Crippen molar-refractivity contribution in [3.63, 3.8) is 0 Å². The molecule has 1 saturated heterocycles. The number of nitrogens with two attached hydrogens (primary N) is 1. The molecule has 0 bridgehead atoms. The first kappa shape index (κ1) is 23.7. The Morgan fingerprint density at radius 3 is 2.54 bits per heavy atom. The fraction of sp³-hybridized carbons (Fsp3) is 0.556. The predicted molar refractivity (Wildman–Crippen MR) is 93.9 cm³/mol. The fourth-order valence-electron chi connectivity index (χ4n) is 2.15. The molecule has 0 amide bonds. The van der Waals surface area contributed by atoms with Crippen LogP contribution in [0.1, 0.15) is 12.6 Å². The third-order valence-corrected chi connectivity index (χ3v) is 8.19. The third-order valence-electron chi connectivity index (χ3n) is 3.18. The minimum atomic E-state index is -5.30. The number of aromatic nitrogens is 2. The van der Waals surface area contributed by atoms with Gasteiger partial charge in [0.1, 0.15) is 18.1 Å². The molecule has 1 aromatic heterocycles. The van der Waals surface area contributed by atoms with Gasteiger partial charge in [-0.1, -0.05) is 0 Å². The first-order chi connectivity index (χ1) is 12.7. The first-order valence-electron chi connectivity index (χ1n) is 7.14. The molecule has 0 radical (unpaired) electrons. The molecule has 2 heterocycles. The molecule has 1 aliphatic heterocycles. The van der Waals surface area contributed by atoms with Gasteiger partial charge in [0.05, 0.1) is 12.7 Å². The Kier molecular flexibility index (Phi) is 7.33. The number of phosphoric ester groups is 1. The van der Waals surface area contributed by atoms with Crippen LogP contribution in [0.4, 0.5) is 5.82 Å². The van der Waals surface area contributed by atoms with Crippen LogP contribution in [0, 0.1) is 0 Å². The summed E-state index contributed by atoms with van der Waals surface area (Å²) in [4.78, 5) is 51.4. The number of anilines is 1. The number of hydrogen-bond acceptors (Lipinski definition) is 11. The maximum Gasteiger partial charge on any atom is 0.479 e. The Morgan fingerprint density at radius 1 is 1.32 bits per heavy atom. The predicted octanol–water partition coefficient (Wildman–Crippen LogP) is -1.07. The highest BCUT2D eigenvalue weighted by Crippen LogP contribution is 2.66. The highest BCUT2D eigenvalue weighted by Gasteiger charge is 2.40. The standard InChI is InChI=1S/C9H16N3O12P3S/c10-7-1-2-12(9(14)11-7)8-3-5(13)6(22-8)4-21-26(18,19)24-27(20,28)23-25(15,16)17/h1-2,5-6,8,13H,3-4H2,(H,18,19)(H,20,28)(H2,10,11,14)(H2,15,16,17). The Bertz CT molecular complexity index is 919. The van der Waals surface area contributed by atoms with E-state index in [2.05, 4.69) is 29.9 Å². The van der Waals surface area contributed by atoms with Crippen molar-refractivity contribution < 1.29 is 51.7 Å². The van der Waals surface area contributed by atoms with Crippen LogP contribution in [-0.2, 0) is 38.8 Å². The molecule has 5 atom stereocenters. The van der Waals surface area contributed by atoms with Gasteiger partial charge in [-0.2, -0.15) is 4.98 Å². The highest BCUT2D eigenvalue weighted by atomic mass is 32.5. The maximum atomic E-state index is 11.8. The summed E-state index contributed by atoms with van der Waals surface area (Å²) in [6.45, 7) is -5.58. The molecule has 2 rings (SSSR count). The number of phosphoric acid groups is 2. The van der Waals surface area contributed by atoms with Gasteiger partial charge >= 0.3 is 28.1 Å². The zero-order valence-electron chi connectivity index (χ0n) is 13.6. The molecular weight excluding hydrogens is 467 g/mol. The normalized spacial score (nSPS) is 27.2. The first-order valence-corrected chi connectivity index (χ1v) is 12.8. The van der Waals surface area contributed by atoms with Gasteiger partial charge in [0.2, 0.25) is 0 Å². The molecule has 1 fully saturated rings. The zero-order valence-corrected chi connectivity index (χ0v) is 17.1. The molecule has 0 spiro atoms. The highest BCUT2D eigenvalue weighted by molar-refractivity contribution is 8.09. The second-order valence-electron chi connectivity index (χ2n) is 5.36. The van der Waals surface area contributed by atoms with Crippen molar-refractivity contribution in [3.8, 4) is 0 Å². The van der Waals surface area contributed by atoms with E-state index in [-0.39, 0.29) is 12.2 Å². The molecule has 1 aromatic rings. The van der Waals surface area contributed by atoms with Crippen molar-refractivity contribution in [2.24, 2.45) is 0 Å². The second-order valence-corrected chi connectivity index (χ2v) is 11.2. The molecule has 5 unspecified atom stereocenters. The lowest BCUT2D eigenvalue weighted by molar-refractivity contribution is -0.0447. The van der Waals surface area contributed by atoms with E-state index in [4.69, 9.17) is 20.3 Å². The van der Waals surface area contributed by atoms with E-state index < -0.39 is 53.1 Å². The van der Waals surface area contributed by atoms with Crippen molar-refractivity contribution in [2.75, 3.05) is 12.3 Å². The van der Waals surface area contributed by atoms with Crippen LogP contribution < -0.4 is 11.4 Å². The van der Waals surface area contributed by atoms with E-state index in [0.717, 1.165) is 4.57 Å². The lowest BCUT2D eigenvalue weighted by Gasteiger charge is -2.21. The van der Waals surface area contributed by atoms with Gasteiger partial charge in [0.25, 0.3) is 0 Å². The van der Waals surface area contributed by atoms with Crippen molar-refractivity contribution in [1.29, 1.82) is 0 Å². The van der Waals surface area contributed by atoms with Gasteiger partial charge < -0.3 is 35.2 Å². The zero-order chi connectivity index (χ0) is 21.3. The molecule has 0 aromatic carbocycles. The van der Waals surface area contributed by atoms with Crippen LogP contribution >= 0.6 is 22.4 Å². The van der Waals surface area contributed by atoms with Crippen molar-refractivity contribution in [3.05, 3.63) is 22.7 Å². The van der Waals surface area contributed by atoms with Crippen LogP contribution in [0.2, 0.25) is 0 Å². The summed E-state index contributed by atoms with van der Waals surface area (Å²) in [5.74, 6) is -0.0182. The van der Waals surface area contributed by atoms with Crippen LogP contribution in [-0.4, -0.2) is 53.0 Å². The summed E-state index contributed by atoms with van der Waals surface area (Å²) < 4.78 is 41.2. The molecule has 15 nitrogen and oxygen atoms in total. The quantitative estimate of drug-likeness (QED) is 0.242. The lowest BCUT2D eigenvalue weighted by Crippen LogP contribution is -2.28. The monoisotopic (exact) mass is 483 g/mol. The van der Waals surface area contributed by atoms with Crippen LogP contribution in [0.3, 0.4) is 0 Å². The summed E-state index contributed by atoms with van der Waals surface area (Å²) >= 11 is 4.20. The van der Waals surface area contributed by atoms with Gasteiger partial charge in [-0.25, -0.2) is 22.5 Å². The number of aliphatic hydroxyl groups excluding tert-OH is 1. The summed E-state index contributed by atoms with van der Waals surface area (Å²) in [5, 5.41) is 9.98. The van der Waals surface area contributed by atoms with Gasteiger partial charge in [-0.15, -0.1) is 0 Å². The number of ether oxygens (including phenoxy) is 1. The minimum Gasteiger partial charge on any atom is -0.390 e. The minimum absolute atomic E-state index is 0.0182. The van der Waals surface area contributed by atoms with E-state index in [1.165, 1.54) is 12.3 Å². The van der Waals surface area contributed by atoms with Crippen molar-refractivity contribution >= 4 is 40.0 Å². The van der Waals surface area contributed by atoms with Gasteiger partial charge in [-0.05, 0) is 17.9 Å². The number of rotatable bonds is 8. The van der Waals surface area contributed by atoms with Crippen LogP contribution in [0.15, 0.2) is 17.1 Å². The largest absolute Gasteiger partial charge is 0.479 e. The molecule has 28 heavy (non-hydrogen) atoms. The van der Waals surface area contributed by atoms with E-state index in [9.17, 15) is 28.8 Å². The molecule has 160 valence electrons. The van der Waals surface area contributed by atoms with Crippen molar-refractivity contribution in [2.45, 2.75) is 24.9 Å². The summed E-state index contributed by atoms with van der Waals surface area (Å²) in [5.41, 5.74) is 4.63. The molecule has 7 N–H and O–H groups in total. The van der Waals surface area contributed by atoms with E-state index in [0.29, 0.717) is 0 Å². The number of nitrogens with zero attached hydrogens (tertiary/aromatic N) is 2. The van der Waals surface area contributed by atoms with E-state index in [1.807, 2.05) is 0 Å². The van der Waals surface area contributed by atoms with Crippen LogP contribution in [0.25, 0.3) is 0 Å². The number of nitrogen functional groups attached to an aromatic ring is 1. The molecule has 19 heteroatoms. The Labute approximate surface area is 161 Å². The summed E-state index contributed by atoms with van der Waals surface area (Å²) in [7, 11) is -10.5. The van der Waals surface area contributed by atoms with Gasteiger partial charge in [0.15, 0.2) is 0 Å². The second kappa shape index (κ2) is 8.66. The topological polar surface area (TPSA) is 233 Å². The lowest BCUT2D eigenvalue weighted by atomic mass is 10.2. The Morgan fingerprint density at radius 2 is 1.96 bits per heavy atom. The average molecular weight is 483 g/mol. The smallest absolute Gasteiger partial charge is 0.390 e. The molecular formula is C9H16N3O12P3S. The molecule has 0 saturated carbocycles. The number of aliphatic hydroxyl groups is 1. The summed E-state index contributed by atoms with van der Waals surface area (Å²) in [6, 6.07) is 1.33. The fourth-order valence-corrected chi connectivity index (χ4v) is 6.72. The summed E-state index contributed by atoms with van der Waals surface area (Å²) in [6.07, 6.45) is -2.19. The van der Waals surface area contributed by atoms with E-state index >= 15 is 0 Å². The molecule has 1 aliphatic rings. The maximum absolute atomic E-state index is 11.8. The Balaban J connectivity index is 1.98. The number of hydrogen-bond donors (Lipinski definition) is 6. The van der Waals surface area contributed by atoms with Gasteiger partial charge in [-0.3, -0.25) is 9.09 Å². The van der Waals surface area contributed by atoms with Crippen LogP contribution in [0.5, 0.6) is 0 Å². The Hall–Kier alpha value is -0.570. The van der Waals surface area contributed by atoms with E-state index in [1.54, 1.807) is 0 Å². The van der Waals surface area contributed by atoms with Gasteiger partial charge in [0, 0.05) is 12.6 Å². The third kappa shape index (κ3) is 7.04.